The maximum absolute atomic E-state index is 2.44. The lowest BCUT2D eigenvalue weighted by molar-refractivity contribution is 0.319. The molecular weight excluding hydrogens is 216 g/mol. The molecule has 3 atom stereocenters. The van der Waals surface area contributed by atoms with Crippen LogP contribution in [0.1, 0.15) is 75.2 Å². The van der Waals surface area contributed by atoms with Gasteiger partial charge in [0.05, 0.1) is 0 Å². The molecule has 0 aromatic heterocycles. The van der Waals surface area contributed by atoms with Gasteiger partial charge in [0.2, 0.25) is 0 Å². The summed E-state index contributed by atoms with van der Waals surface area (Å²) in [6, 6.07) is 0. The zero-order chi connectivity index (χ0) is 14.5. The third-order valence-electron chi connectivity index (χ3n) is 5.10. The first-order chi connectivity index (χ1) is 8.23. The van der Waals surface area contributed by atoms with Crippen LogP contribution in [0, 0.1) is 29.6 Å². The van der Waals surface area contributed by atoms with E-state index in [9.17, 15) is 0 Å². The minimum atomic E-state index is 0.716. The van der Waals surface area contributed by atoms with Crippen molar-refractivity contribution >= 4 is 0 Å². The molecule has 18 heavy (non-hydrogen) atoms. The maximum Gasteiger partial charge on any atom is -0.0201 e. The number of hydrogen-bond acceptors (Lipinski definition) is 0. The van der Waals surface area contributed by atoms with Crippen molar-refractivity contribution < 1.29 is 0 Å². The van der Waals surface area contributed by atoms with Crippen LogP contribution < -0.4 is 0 Å². The minimum absolute atomic E-state index is 0.716. The summed E-state index contributed by atoms with van der Waals surface area (Å²) < 4.78 is 0. The molecule has 3 unspecified atom stereocenters. The van der Waals surface area contributed by atoms with Crippen LogP contribution in [0.4, 0.5) is 0 Å². The standard InChI is InChI=1S/C18H36/c1-10-11-18(16(8)14(6)12(2)3)17(9)15(7)13(4)5/h12-16H,10-11H2,1-9H3. The van der Waals surface area contributed by atoms with Gasteiger partial charge < -0.3 is 0 Å². The molecule has 0 aliphatic carbocycles. The normalized spacial score (nSPS) is 18.8. The Morgan fingerprint density at radius 3 is 1.61 bits per heavy atom. The number of allylic oxidation sites excluding steroid dienone is 2. The van der Waals surface area contributed by atoms with Crippen LogP contribution in [0.25, 0.3) is 0 Å². The molecule has 0 amide bonds. The van der Waals surface area contributed by atoms with Gasteiger partial charge in [-0.2, -0.15) is 0 Å². The molecule has 0 saturated heterocycles. The molecule has 0 spiro atoms. The predicted molar refractivity (Wildman–Crippen MR) is 84.8 cm³/mol. The zero-order valence-corrected chi connectivity index (χ0v) is 14.3. The van der Waals surface area contributed by atoms with Crippen molar-refractivity contribution in [1.29, 1.82) is 0 Å². The second kappa shape index (κ2) is 8.02. The van der Waals surface area contributed by atoms with Gasteiger partial charge in [-0.05, 0) is 42.9 Å². The molecule has 0 rings (SSSR count). The van der Waals surface area contributed by atoms with Crippen LogP contribution >= 0.6 is 0 Å². The van der Waals surface area contributed by atoms with E-state index >= 15 is 0 Å². The minimum Gasteiger partial charge on any atom is -0.0708 e. The van der Waals surface area contributed by atoms with Crippen LogP contribution in [0.5, 0.6) is 0 Å². The van der Waals surface area contributed by atoms with E-state index in [1.54, 1.807) is 11.1 Å². The fourth-order valence-electron chi connectivity index (χ4n) is 2.74. The second-order valence-electron chi connectivity index (χ2n) is 6.88. The third-order valence-corrected chi connectivity index (χ3v) is 5.10. The highest BCUT2D eigenvalue weighted by Gasteiger charge is 2.23. The Hall–Kier alpha value is -0.260. The molecule has 0 bridgehead atoms. The Balaban J connectivity index is 5.21. The molecule has 108 valence electrons. The first-order valence-corrected chi connectivity index (χ1v) is 7.93. The highest BCUT2D eigenvalue weighted by Crippen LogP contribution is 2.34. The van der Waals surface area contributed by atoms with Gasteiger partial charge in [-0.1, -0.05) is 73.0 Å². The van der Waals surface area contributed by atoms with E-state index in [1.165, 1.54) is 12.8 Å². The largest absolute Gasteiger partial charge is 0.0708 e. The van der Waals surface area contributed by atoms with Gasteiger partial charge >= 0.3 is 0 Å². The van der Waals surface area contributed by atoms with Crippen molar-refractivity contribution in [3.05, 3.63) is 11.1 Å². The van der Waals surface area contributed by atoms with E-state index in [-0.39, 0.29) is 0 Å². The van der Waals surface area contributed by atoms with Crippen molar-refractivity contribution in [3.63, 3.8) is 0 Å². The average molecular weight is 252 g/mol. The predicted octanol–water partition coefficient (Wildman–Crippen LogP) is 6.32. The summed E-state index contributed by atoms with van der Waals surface area (Å²) >= 11 is 0. The summed E-state index contributed by atoms with van der Waals surface area (Å²) in [5.41, 5.74) is 3.40. The van der Waals surface area contributed by atoms with Crippen LogP contribution in [0.15, 0.2) is 11.1 Å². The van der Waals surface area contributed by atoms with E-state index < -0.39 is 0 Å². The van der Waals surface area contributed by atoms with Crippen molar-refractivity contribution in [2.24, 2.45) is 29.6 Å². The molecule has 0 aromatic rings. The zero-order valence-electron chi connectivity index (χ0n) is 14.3. The molecule has 0 saturated carbocycles. The summed E-state index contributed by atoms with van der Waals surface area (Å²) in [6.45, 7) is 21.3. The maximum atomic E-state index is 2.44. The third kappa shape index (κ3) is 4.78. The van der Waals surface area contributed by atoms with Gasteiger partial charge in [-0.15, -0.1) is 0 Å². The van der Waals surface area contributed by atoms with Crippen molar-refractivity contribution in [1.82, 2.24) is 0 Å². The summed E-state index contributed by atoms with van der Waals surface area (Å²) in [5.74, 6) is 3.74. The molecule has 0 aliphatic heterocycles. The van der Waals surface area contributed by atoms with Crippen LogP contribution in [0.3, 0.4) is 0 Å². The molecule has 0 aromatic carbocycles. The Morgan fingerprint density at radius 1 is 0.778 bits per heavy atom. The van der Waals surface area contributed by atoms with Gasteiger partial charge in [0.1, 0.15) is 0 Å². The monoisotopic (exact) mass is 252 g/mol. The molecule has 0 N–H and O–H groups in total. The summed E-state index contributed by atoms with van der Waals surface area (Å²) in [4.78, 5) is 0. The van der Waals surface area contributed by atoms with Crippen LogP contribution in [0.2, 0.25) is 0 Å². The Bertz CT molecular complexity index is 257. The molecule has 0 radical (unpaired) electrons. The summed E-state index contributed by atoms with van der Waals surface area (Å²) in [7, 11) is 0. The van der Waals surface area contributed by atoms with Gasteiger partial charge in [0, 0.05) is 0 Å². The number of hydrogen-bond donors (Lipinski definition) is 0. The van der Waals surface area contributed by atoms with Crippen LogP contribution in [-0.2, 0) is 0 Å². The van der Waals surface area contributed by atoms with E-state index in [2.05, 4.69) is 62.3 Å². The quantitative estimate of drug-likeness (QED) is 0.465. The van der Waals surface area contributed by atoms with E-state index in [0.29, 0.717) is 5.92 Å². The summed E-state index contributed by atoms with van der Waals surface area (Å²) in [6.07, 6.45) is 2.55. The number of rotatable bonds is 7. The lowest BCUT2D eigenvalue weighted by Gasteiger charge is -2.30. The molecular formula is C18H36. The van der Waals surface area contributed by atoms with E-state index in [1.807, 2.05) is 0 Å². The smallest absolute Gasteiger partial charge is 0.0201 e. The average Bonchev–Trinajstić information content (AvgIpc) is 2.31. The molecule has 0 nitrogen and oxygen atoms in total. The molecule has 0 heteroatoms. The Labute approximate surface area is 116 Å². The van der Waals surface area contributed by atoms with Gasteiger partial charge in [-0.25, -0.2) is 0 Å². The van der Waals surface area contributed by atoms with Crippen molar-refractivity contribution in [3.8, 4) is 0 Å². The highest BCUT2D eigenvalue weighted by atomic mass is 14.3. The van der Waals surface area contributed by atoms with Crippen molar-refractivity contribution in [2.75, 3.05) is 0 Å². The summed E-state index contributed by atoms with van der Waals surface area (Å²) in [5, 5.41) is 0. The molecule has 0 heterocycles. The molecule has 0 aliphatic rings. The van der Waals surface area contributed by atoms with E-state index in [4.69, 9.17) is 0 Å². The second-order valence-corrected chi connectivity index (χ2v) is 6.88. The lowest BCUT2D eigenvalue weighted by Crippen LogP contribution is -2.19. The van der Waals surface area contributed by atoms with Gasteiger partial charge in [0.15, 0.2) is 0 Å². The van der Waals surface area contributed by atoms with Crippen molar-refractivity contribution in [2.45, 2.75) is 75.2 Å². The first-order valence-electron chi connectivity index (χ1n) is 7.93. The van der Waals surface area contributed by atoms with Crippen LogP contribution in [-0.4, -0.2) is 0 Å². The van der Waals surface area contributed by atoms with Gasteiger partial charge in [0.25, 0.3) is 0 Å². The topological polar surface area (TPSA) is 0 Å². The fourth-order valence-corrected chi connectivity index (χ4v) is 2.74. The molecule has 0 fully saturated rings. The highest BCUT2D eigenvalue weighted by molar-refractivity contribution is 5.18. The Kier molecular flexibility index (Phi) is 7.90. The fraction of sp³-hybridized carbons (Fsp3) is 0.889. The lowest BCUT2D eigenvalue weighted by atomic mass is 9.75. The SMILES string of the molecule is CCCC(=C(C)C(C)C(C)C)C(C)C(C)C(C)C. The Morgan fingerprint density at radius 2 is 1.28 bits per heavy atom. The first kappa shape index (κ1) is 17.7. The van der Waals surface area contributed by atoms with E-state index in [0.717, 1.165) is 23.7 Å². The van der Waals surface area contributed by atoms with Gasteiger partial charge in [-0.3, -0.25) is 0 Å².